The summed E-state index contributed by atoms with van der Waals surface area (Å²) in [6, 6.07) is 8.09. The molecule has 1 atom stereocenters. The molecule has 1 aromatic rings. The molecule has 1 heterocycles. The van der Waals surface area contributed by atoms with Gasteiger partial charge in [0.05, 0.1) is 17.5 Å². The summed E-state index contributed by atoms with van der Waals surface area (Å²) in [5.74, 6) is 0.884. The van der Waals surface area contributed by atoms with E-state index in [1.54, 1.807) is 16.7 Å². The number of thioether (sulfide) groups is 1. The van der Waals surface area contributed by atoms with E-state index in [2.05, 4.69) is 6.07 Å². The second-order valence-corrected chi connectivity index (χ2v) is 5.81. The van der Waals surface area contributed by atoms with Gasteiger partial charge in [0, 0.05) is 17.2 Å². The molecule has 5 heteroatoms. The number of nitrogens with zero attached hydrogens (tertiary/aromatic N) is 1. The molecule has 0 aliphatic carbocycles. The smallest absolute Gasteiger partial charge is 0.231 e. The summed E-state index contributed by atoms with van der Waals surface area (Å²) >= 11 is 6.63. The van der Waals surface area contributed by atoms with Crippen molar-refractivity contribution in [3.05, 3.63) is 29.8 Å². The van der Waals surface area contributed by atoms with Crippen LogP contribution in [0, 0.1) is 0 Å². The maximum atomic E-state index is 12.5. The molecule has 96 valence electrons. The number of carbonyl (C=O) groups excluding carboxylic acids is 1. The van der Waals surface area contributed by atoms with Gasteiger partial charge in [-0.05, 0) is 18.6 Å². The quantitative estimate of drug-likeness (QED) is 0.857. The highest BCUT2D eigenvalue weighted by Gasteiger charge is 2.31. The zero-order valence-electron chi connectivity index (χ0n) is 10.3. The molecule has 2 rings (SSSR count). The molecule has 1 aliphatic rings. The van der Waals surface area contributed by atoms with Crippen molar-refractivity contribution in [2.75, 3.05) is 18.8 Å². The monoisotopic (exact) mass is 280 g/mol. The Labute approximate surface area is 117 Å². The summed E-state index contributed by atoms with van der Waals surface area (Å²) in [6.45, 7) is 2.96. The normalized spacial score (nSPS) is 17.3. The first-order valence-corrected chi connectivity index (χ1v) is 7.31. The van der Waals surface area contributed by atoms with Crippen LogP contribution < -0.4 is 5.73 Å². The number of nitrogens with two attached hydrogens (primary N) is 1. The van der Waals surface area contributed by atoms with Gasteiger partial charge in [0.15, 0.2) is 0 Å². The minimum Gasteiger partial charge on any atom is -0.392 e. The van der Waals surface area contributed by atoms with E-state index < -0.39 is 0 Å². The van der Waals surface area contributed by atoms with Crippen molar-refractivity contribution >= 4 is 34.9 Å². The first-order chi connectivity index (χ1) is 8.63. The van der Waals surface area contributed by atoms with E-state index in [4.69, 9.17) is 18.0 Å². The van der Waals surface area contributed by atoms with Gasteiger partial charge in [-0.2, -0.15) is 0 Å². The zero-order valence-corrected chi connectivity index (χ0v) is 11.9. The summed E-state index contributed by atoms with van der Waals surface area (Å²) in [6.07, 6.45) is 0. The summed E-state index contributed by atoms with van der Waals surface area (Å²) in [7, 11) is 0. The van der Waals surface area contributed by atoms with Crippen LogP contribution in [0.1, 0.15) is 18.4 Å². The number of hydrogen-bond acceptors (Lipinski definition) is 3. The summed E-state index contributed by atoms with van der Waals surface area (Å²) in [4.78, 5) is 15.8. The topological polar surface area (TPSA) is 46.3 Å². The Bertz CT molecular complexity index is 476. The average molecular weight is 280 g/mol. The summed E-state index contributed by atoms with van der Waals surface area (Å²) < 4.78 is 0. The summed E-state index contributed by atoms with van der Waals surface area (Å²) in [5, 5.41) is 0. The van der Waals surface area contributed by atoms with Crippen molar-refractivity contribution < 1.29 is 4.79 Å². The zero-order chi connectivity index (χ0) is 13.1. The Hall–Kier alpha value is -1.07. The van der Waals surface area contributed by atoms with Crippen LogP contribution in [-0.4, -0.2) is 34.6 Å². The molecular weight excluding hydrogens is 264 g/mol. The van der Waals surface area contributed by atoms with Crippen molar-refractivity contribution in [2.45, 2.75) is 17.7 Å². The van der Waals surface area contributed by atoms with Crippen LogP contribution in [0.3, 0.4) is 0 Å². The molecular formula is C13H16N2OS2. The van der Waals surface area contributed by atoms with E-state index in [0.717, 1.165) is 11.3 Å². The fourth-order valence-corrected chi connectivity index (χ4v) is 3.50. The van der Waals surface area contributed by atoms with Crippen molar-refractivity contribution in [2.24, 2.45) is 5.73 Å². The highest BCUT2D eigenvalue weighted by atomic mass is 32.2. The van der Waals surface area contributed by atoms with E-state index in [-0.39, 0.29) is 11.8 Å². The van der Waals surface area contributed by atoms with Gasteiger partial charge in [-0.25, -0.2) is 0 Å². The lowest BCUT2D eigenvalue weighted by Gasteiger charge is -2.23. The Balaban J connectivity index is 2.17. The van der Waals surface area contributed by atoms with Crippen LogP contribution in [0.4, 0.5) is 0 Å². The van der Waals surface area contributed by atoms with Gasteiger partial charge in [-0.3, -0.25) is 4.79 Å². The second kappa shape index (κ2) is 5.71. The highest BCUT2D eigenvalue weighted by Crippen LogP contribution is 2.40. The number of likely N-dealkylation sites (N-methyl/N-ethyl adjacent to an activating group) is 1. The number of thiocarbonyl (C=S) groups is 1. The standard InChI is InChI=1S/C13H16N2OS2/c1-2-15(7-12(14)17)13(16)10-8-18-11-6-4-3-5-9(10)11/h3-6,10H,2,7-8H2,1H3,(H2,14,17). The van der Waals surface area contributed by atoms with Crippen LogP contribution >= 0.6 is 24.0 Å². The summed E-state index contributed by atoms with van der Waals surface area (Å²) in [5.41, 5.74) is 6.67. The molecule has 1 unspecified atom stereocenters. The predicted molar refractivity (Wildman–Crippen MR) is 78.9 cm³/mol. The van der Waals surface area contributed by atoms with E-state index in [1.807, 2.05) is 25.1 Å². The largest absolute Gasteiger partial charge is 0.392 e. The molecule has 1 aromatic carbocycles. The lowest BCUT2D eigenvalue weighted by molar-refractivity contribution is -0.131. The minimum atomic E-state index is -0.0551. The van der Waals surface area contributed by atoms with Crippen LogP contribution in [0.15, 0.2) is 29.2 Å². The highest BCUT2D eigenvalue weighted by molar-refractivity contribution is 7.99. The number of rotatable bonds is 4. The maximum absolute atomic E-state index is 12.5. The molecule has 3 nitrogen and oxygen atoms in total. The van der Waals surface area contributed by atoms with Crippen LogP contribution in [0.25, 0.3) is 0 Å². The maximum Gasteiger partial charge on any atom is 0.231 e. The molecule has 0 bridgehead atoms. The lowest BCUT2D eigenvalue weighted by Crippen LogP contribution is -2.40. The minimum absolute atomic E-state index is 0.0551. The molecule has 0 radical (unpaired) electrons. The van der Waals surface area contributed by atoms with E-state index >= 15 is 0 Å². The predicted octanol–water partition coefficient (Wildman–Crippen LogP) is 2.01. The molecule has 1 amide bonds. The van der Waals surface area contributed by atoms with Crippen molar-refractivity contribution in [1.29, 1.82) is 0 Å². The fraction of sp³-hybridized carbons (Fsp3) is 0.385. The van der Waals surface area contributed by atoms with Gasteiger partial charge in [0.1, 0.15) is 0 Å². The van der Waals surface area contributed by atoms with Gasteiger partial charge in [0.25, 0.3) is 0 Å². The molecule has 0 saturated heterocycles. The first-order valence-electron chi connectivity index (χ1n) is 5.92. The molecule has 0 saturated carbocycles. The van der Waals surface area contributed by atoms with Crippen LogP contribution in [0.2, 0.25) is 0 Å². The second-order valence-electron chi connectivity index (χ2n) is 4.22. The van der Waals surface area contributed by atoms with Crippen LogP contribution in [0.5, 0.6) is 0 Å². The van der Waals surface area contributed by atoms with Gasteiger partial charge in [-0.15, -0.1) is 11.8 Å². The van der Waals surface area contributed by atoms with Gasteiger partial charge >= 0.3 is 0 Å². The lowest BCUT2D eigenvalue weighted by atomic mass is 10.00. The molecule has 0 spiro atoms. The van der Waals surface area contributed by atoms with Crippen molar-refractivity contribution in [1.82, 2.24) is 4.90 Å². The number of fused-ring (bicyclic) bond motifs is 1. The van der Waals surface area contributed by atoms with E-state index in [9.17, 15) is 4.79 Å². The van der Waals surface area contributed by atoms with E-state index in [0.29, 0.717) is 18.1 Å². The van der Waals surface area contributed by atoms with Gasteiger partial charge < -0.3 is 10.6 Å². The SMILES string of the molecule is CCN(CC(N)=S)C(=O)C1CSc2ccccc21. The number of benzene rings is 1. The molecule has 0 fully saturated rings. The number of hydrogen-bond donors (Lipinski definition) is 1. The van der Waals surface area contributed by atoms with Gasteiger partial charge in [0.2, 0.25) is 5.91 Å². The third-order valence-electron chi connectivity index (χ3n) is 3.04. The van der Waals surface area contributed by atoms with E-state index in [1.165, 1.54) is 4.90 Å². The third kappa shape index (κ3) is 2.67. The van der Waals surface area contributed by atoms with Gasteiger partial charge in [-0.1, -0.05) is 30.4 Å². The Morgan fingerprint density at radius 1 is 1.56 bits per heavy atom. The Kier molecular flexibility index (Phi) is 4.24. The number of amides is 1. The molecule has 18 heavy (non-hydrogen) atoms. The Morgan fingerprint density at radius 3 is 2.94 bits per heavy atom. The van der Waals surface area contributed by atoms with Crippen molar-refractivity contribution in [3.8, 4) is 0 Å². The number of carbonyl (C=O) groups is 1. The molecule has 1 aliphatic heterocycles. The molecule has 0 aromatic heterocycles. The molecule has 2 N–H and O–H groups in total. The average Bonchev–Trinajstić information content (AvgIpc) is 2.78. The van der Waals surface area contributed by atoms with Crippen molar-refractivity contribution in [3.63, 3.8) is 0 Å². The fourth-order valence-electron chi connectivity index (χ4n) is 2.12. The first kappa shape index (κ1) is 13.4. The Morgan fingerprint density at radius 2 is 2.28 bits per heavy atom. The third-order valence-corrected chi connectivity index (χ3v) is 4.35. The van der Waals surface area contributed by atoms with Crippen LogP contribution in [-0.2, 0) is 4.79 Å².